The quantitative estimate of drug-likeness (QED) is 0.609. The van der Waals surface area contributed by atoms with E-state index in [0.717, 1.165) is 17.9 Å². The van der Waals surface area contributed by atoms with Crippen molar-refractivity contribution in [2.75, 3.05) is 0 Å². The molecule has 1 aliphatic heterocycles. The zero-order valence-electron chi connectivity index (χ0n) is 15.6. The Morgan fingerprint density at radius 2 is 2.00 bits per heavy atom. The van der Waals surface area contributed by atoms with Gasteiger partial charge in [0.25, 0.3) is 5.91 Å². The van der Waals surface area contributed by atoms with Crippen LogP contribution in [0.15, 0.2) is 35.4 Å². The van der Waals surface area contributed by atoms with E-state index in [4.69, 9.17) is 11.6 Å². The molecule has 3 rings (SSSR count). The van der Waals surface area contributed by atoms with E-state index in [9.17, 15) is 9.59 Å². The first-order valence-electron chi connectivity index (χ1n) is 8.87. The van der Waals surface area contributed by atoms with Crippen molar-refractivity contribution in [1.82, 2.24) is 20.1 Å². The van der Waals surface area contributed by atoms with Crippen LogP contribution in [-0.2, 0) is 16.9 Å². The van der Waals surface area contributed by atoms with E-state index in [2.05, 4.69) is 22.4 Å². The number of hydrazone groups is 1. The van der Waals surface area contributed by atoms with Gasteiger partial charge < -0.3 is 5.32 Å². The summed E-state index contributed by atoms with van der Waals surface area (Å²) in [6.07, 6.45) is 3.40. The summed E-state index contributed by atoms with van der Waals surface area (Å²) in [6.45, 7) is 6.28. The van der Waals surface area contributed by atoms with Gasteiger partial charge in [-0.25, -0.2) is 4.79 Å². The fourth-order valence-corrected chi connectivity index (χ4v) is 3.29. The number of benzene rings is 1. The Bertz CT molecular complexity index is 893. The summed E-state index contributed by atoms with van der Waals surface area (Å²) in [5.41, 5.74) is 0.835. The number of unbranched alkanes of at least 4 members (excludes halogenated alkanes) is 1. The minimum atomic E-state index is -1.15. The molecule has 1 aromatic carbocycles. The zero-order chi connectivity index (χ0) is 19.6. The molecular formula is C19H22ClN5O2. The molecule has 3 amide bonds. The molecule has 1 fully saturated rings. The van der Waals surface area contributed by atoms with Gasteiger partial charge in [-0.15, -0.1) is 5.01 Å². The monoisotopic (exact) mass is 387 g/mol. The van der Waals surface area contributed by atoms with Crippen LogP contribution >= 0.6 is 11.6 Å². The van der Waals surface area contributed by atoms with Crippen LogP contribution in [0.1, 0.15) is 43.5 Å². The van der Waals surface area contributed by atoms with E-state index in [1.807, 2.05) is 25.1 Å². The molecular weight excluding hydrogens is 366 g/mol. The first kappa shape index (κ1) is 19.1. The molecule has 0 saturated carbocycles. The largest absolute Gasteiger partial charge is 0.346 e. The normalized spacial score (nSPS) is 19.9. The molecule has 0 radical (unpaired) electrons. The number of imide groups is 1. The van der Waals surface area contributed by atoms with Crippen molar-refractivity contribution >= 4 is 29.8 Å². The molecule has 27 heavy (non-hydrogen) atoms. The van der Waals surface area contributed by atoms with E-state index in [-0.39, 0.29) is 0 Å². The minimum Gasteiger partial charge on any atom is -0.318 e. The Morgan fingerprint density at radius 1 is 1.30 bits per heavy atom. The summed E-state index contributed by atoms with van der Waals surface area (Å²) in [6, 6.07) is 8.51. The van der Waals surface area contributed by atoms with Crippen LogP contribution in [0, 0.1) is 6.92 Å². The molecule has 0 bridgehead atoms. The van der Waals surface area contributed by atoms with Gasteiger partial charge in [0.2, 0.25) is 0 Å². The predicted molar refractivity (Wildman–Crippen MR) is 104 cm³/mol. The number of amides is 3. The third-order valence-electron chi connectivity index (χ3n) is 4.66. The number of aryl methyl sites for hydroxylation is 2. The third kappa shape index (κ3) is 3.47. The SMILES string of the molecule is CCCCn1nc(C)c(C=NN2C(=O)N[C@@](C)(c3ccccc3)C2=O)c1Cl. The van der Waals surface area contributed by atoms with Crippen LogP contribution in [-0.4, -0.2) is 32.9 Å². The highest BCUT2D eigenvalue weighted by molar-refractivity contribution is 6.32. The molecule has 0 aliphatic carbocycles. The van der Waals surface area contributed by atoms with Crippen LogP contribution in [0.3, 0.4) is 0 Å². The van der Waals surface area contributed by atoms with E-state index in [1.54, 1.807) is 23.7 Å². The van der Waals surface area contributed by atoms with E-state index in [0.29, 0.717) is 28.5 Å². The lowest BCUT2D eigenvalue weighted by Crippen LogP contribution is -2.40. The molecule has 1 aromatic heterocycles. The average molecular weight is 388 g/mol. The Labute approximate surface area is 163 Å². The van der Waals surface area contributed by atoms with Gasteiger partial charge in [-0.1, -0.05) is 55.3 Å². The molecule has 1 N–H and O–H groups in total. The topological polar surface area (TPSA) is 79.6 Å². The van der Waals surface area contributed by atoms with Gasteiger partial charge in [-0.2, -0.15) is 10.2 Å². The Morgan fingerprint density at radius 3 is 2.67 bits per heavy atom. The smallest absolute Gasteiger partial charge is 0.318 e. The second kappa shape index (κ2) is 7.52. The fraction of sp³-hybridized carbons (Fsp3) is 0.368. The molecule has 2 heterocycles. The number of halogens is 1. The first-order valence-corrected chi connectivity index (χ1v) is 9.25. The maximum absolute atomic E-state index is 12.9. The number of nitrogens with one attached hydrogen (secondary N) is 1. The maximum Gasteiger partial charge on any atom is 0.346 e. The third-order valence-corrected chi connectivity index (χ3v) is 5.05. The second-order valence-corrected chi connectivity index (χ2v) is 7.01. The second-order valence-electron chi connectivity index (χ2n) is 6.65. The van der Waals surface area contributed by atoms with Crippen molar-refractivity contribution in [2.24, 2.45) is 5.10 Å². The number of urea groups is 1. The van der Waals surface area contributed by atoms with Gasteiger partial charge in [0.15, 0.2) is 0 Å². The predicted octanol–water partition coefficient (Wildman–Crippen LogP) is 3.45. The standard InChI is InChI=1S/C19H22ClN5O2/c1-4-5-11-24-16(20)15(13(2)23-24)12-21-25-17(26)19(3,22-18(25)27)14-9-7-6-8-10-14/h6-10,12H,4-5,11H2,1-3H3,(H,22,27)/t19-/m0/s1. The van der Waals surface area contributed by atoms with Gasteiger partial charge in [0.05, 0.1) is 17.5 Å². The molecule has 8 heteroatoms. The number of aromatic nitrogens is 2. The molecule has 1 aliphatic rings. The lowest BCUT2D eigenvalue weighted by Gasteiger charge is -2.20. The van der Waals surface area contributed by atoms with Crippen LogP contribution in [0.2, 0.25) is 5.15 Å². The van der Waals surface area contributed by atoms with Crippen molar-refractivity contribution in [3.8, 4) is 0 Å². The Balaban J connectivity index is 1.85. The van der Waals surface area contributed by atoms with Crippen molar-refractivity contribution in [3.05, 3.63) is 52.3 Å². The first-order chi connectivity index (χ1) is 12.9. The highest BCUT2D eigenvalue weighted by Gasteiger charge is 2.49. The van der Waals surface area contributed by atoms with E-state index >= 15 is 0 Å². The molecule has 0 unspecified atom stereocenters. The molecule has 1 saturated heterocycles. The lowest BCUT2D eigenvalue weighted by molar-refractivity contribution is -0.131. The van der Waals surface area contributed by atoms with Gasteiger partial charge >= 0.3 is 6.03 Å². The fourth-order valence-electron chi connectivity index (χ4n) is 2.98. The summed E-state index contributed by atoms with van der Waals surface area (Å²) >= 11 is 6.38. The highest BCUT2D eigenvalue weighted by Crippen LogP contribution is 2.29. The summed E-state index contributed by atoms with van der Waals surface area (Å²) in [5, 5.41) is 12.5. The minimum absolute atomic E-state index is 0.442. The van der Waals surface area contributed by atoms with Gasteiger partial charge in [-0.05, 0) is 25.8 Å². The molecule has 2 aromatic rings. The van der Waals surface area contributed by atoms with Gasteiger partial charge in [0.1, 0.15) is 10.7 Å². The summed E-state index contributed by atoms with van der Waals surface area (Å²) < 4.78 is 1.71. The zero-order valence-corrected chi connectivity index (χ0v) is 16.3. The molecule has 0 spiro atoms. The number of nitrogens with zero attached hydrogens (tertiary/aromatic N) is 4. The van der Waals surface area contributed by atoms with E-state index < -0.39 is 17.5 Å². The Hall–Kier alpha value is -2.67. The number of carbonyl (C=O) groups is 2. The van der Waals surface area contributed by atoms with Crippen molar-refractivity contribution in [3.63, 3.8) is 0 Å². The lowest BCUT2D eigenvalue weighted by atomic mass is 9.92. The molecule has 142 valence electrons. The summed E-state index contributed by atoms with van der Waals surface area (Å²) in [7, 11) is 0. The summed E-state index contributed by atoms with van der Waals surface area (Å²) in [5.74, 6) is -0.442. The average Bonchev–Trinajstić information content (AvgIpc) is 3.06. The number of hydrogen-bond donors (Lipinski definition) is 1. The molecule has 7 nitrogen and oxygen atoms in total. The molecule has 1 atom stereocenters. The number of carbonyl (C=O) groups excluding carboxylic acids is 2. The van der Waals surface area contributed by atoms with Crippen LogP contribution < -0.4 is 5.32 Å². The number of hydrogen-bond acceptors (Lipinski definition) is 4. The van der Waals surface area contributed by atoms with Crippen LogP contribution in [0.5, 0.6) is 0 Å². The highest BCUT2D eigenvalue weighted by atomic mass is 35.5. The van der Waals surface area contributed by atoms with E-state index in [1.165, 1.54) is 6.21 Å². The van der Waals surface area contributed by atoms with Gasteiger partial charge in [0, 0.05) is 6.54 Å². The van der Waals surface area contributed by atoms with Crippen molar-refractivity contribution in [2.45, 2.75) is 45.7 Å². The van der Waals surface area contributed by atoms with Gasteiger partial charge in [-0.3, -0.25) is 9.48 Å². The number of rotatable bonds is 6. The van der Waals surface area contributed by atoms with Crippen molar-refractivity contribution < 1.29 is 9.59 Å². The van der Waals surface area contributed by atoms with Crippen LogP contribution in [0.4, 0.5) is 4.79 Å². The van der Waals surface area contributed by atoms with Crippen LogP contribution in [0.25, 0.3) is 0 Å². The van der Waals surface area contributed by atoms with Crippen molar-refractivity contribution in [1.29, 1.82) is 0 Å². The Kier molecular flexibility index (Phi) is 5.32. The maximum atomic E-state index is 12.9. The summed E-state index contributed by atoms with van der Waals surface area (Å²) in [4.78, 5) is 25.2.